The molecule has 1 rings (SSSR count). The molecule has 0 radical (unpaired) electrons. The number of hydrogen-bond acceptors (Lipinski definition) is 1. The van der Waals surface area contributed by atoms with Crippen molar-refractivity contribution in [3.8, 4) is 0 Å². The molecule has 0 saturated heterocycles. The van der Waals surface area contributed by atoms with Crippen molar-refractivity contribution in [3.63, 3.8) is 0 Å². The normalized spacial score (nSPS) is 12.2. The smallest absolute Gasteiger partial charge is 0.00966 e. The molecule has 0 fully saturated rings. The van der Waals surface area contributed by atoms with Crippen LogP contribution in [0, 0.1) is 0 Å². The summed E-state index contributed by atoms with van der Waals surface area (Å²) in [6.45, 7) is 9.84. The molecule has 100 valence electrons. The fraction of sp³-hybridized carbons (Fsp3) is 0.529. The predicted molar refractivity (Wildman–Crippen MR) is 81.0 cm³/mol. The number of hydrogen-bond donors (Lipinski definition) is 1. The van der Waals surface area contributed by atoms with Crippen LogP contribution in [0.25, 0.3) is 0 Å². The fourth-order valence-corrected chi connectivity index (χ4v) is 1.78. The van der Waals surface area contributed by atoms with Crippen LogP contribution in [-0.4, -0.2) is 12.1 Å². The third-order valence-electron chi connectivity index (χ3n) is 2.92. The second-order valence-corrected chi connectivity index (χ2v) is 5.81. The van der Waals surface area contributed by atoms with Crippen molar-refractivity contribution in [1.82, 2.24) is 5.32 Å². The molecule has 0 amide bonds. The minimum absolute atomic E-state index is 0.226. The fourth-order valence-electron chi connectivity index (χ4n) is 1.78. The Labute approximate surface area is 112 Å². The van der Waals surface area contributed by atoms with Gasteiger partial charge in [0, 0.05) is 5.54 Å². The quantitative estimate of drug-likeness (QED) is 0.587. The van der Waals surface area contributed by atoms with E-state index >= 15 is 0 Å². The van der Waals surface area contributed by atoms with Gasteiger partial charge in [-0.1, -0.05) is 43.3 Å². The third-order valence-corrected chi connectivity index (χ3v) is 2.92. The molecule has 0 aliphatic heterocycles. The summed E-state index contributed by atoms with van der Waals surface area (Å²) in [4.78, 5) is 0. The average molecular weight is 245 g/mol. The topological polar surface area (TPSA) is 12.0 Å². The lowest BCUT2D eigenvalue weighted by molar-refractivity contribution is 0.431. The molecule has 1 heteroatoms. The van der Waals surface area contributed by atoms with E-state index in [1.807, 2.05) is 0 Å². The molecule has 1 N–H and O–H groups in total. The molecule has 0 heterocycles. The second-order valence-electron chi connectivity index (χ2n) is 5.81. The summed E-state index contributed by atoms with van der Waals surface area (Å²) >= 11 is 0. The standard InChI is InChI=1S/C17H27N/c1-5-15-10-12-16(13-11-15)9-7-6-8-14-18-17(2,3)4/h6-7,10-13,18H,5,8-9,14H2,1-4H3. The number of nitrogens with one attached hydrogen (secondary N) is 1. The molecular weight excluding hydrogens is 218 g/mol. The van der Waals surface area contributed by atoms with Crippen LogP contribution in [0.3, 0.4) is 0 Å². The SMILES string of the molecule is CCc1ccc(CC=CCCNC(C)(C)C)cc1. The lowest BCUT2D eigenvalue weighted by Gasteiger charge is -2.19. The van der Waals surface area contributed by atoms with Crippen LogP contribution in [0.4, 0.5) is 0 Å². The molecule has 0 unspecified atom stereocenters. The van der Waals surface area contributed by atoms with Crippen molar-refractivity contribution in [1.29, 1.82) is 0 Å². The highest BCUT2D eigenvalue weighted by molar-refractivity contribution is 5.24. The third kappa shape index (κ3) is 6.61. The molecule has 0 saturated carbocycles. The molecule has 0 atom stereocenters. The van der Waals surface area contributed by atoms with E-state index in [1.54, 1.807) is 0 Å². The number of allylic oxidation sites excluding steroid dienone is 1. The van der Waals surface area contributed by atoms with E-state index in [0.717, 1.165) is 25.8 Å². The van der Waals surface area contributed by atoms with Gasteiger partial charge in [0.25, 0.3) is 0 Å². The summed E-state index contributed by atoms with van der Waals surface area (Å²) in [6.07, 6.45) is 7.80. The van der Waals surface area contributed by atoms with Crippen LogP contribution in [-0.2, 0) is 12.8 Å². The first-order chi connectivity index (χ1) is 8.51. The van der Waals surface area contributed by atoms with Crippen LogP contribution in [0.2, 0.25) is 0 Å². The molecular formula is C17H27N. The van der Waals surface area contributed by atoms with Gasteiger partial charge in [-0.25, -0.2) is 0 Å². The summed E-state index contributed by atoms with van der Waals surface area (Å²) in [5.41, 5.74) is 3.04. The number of aryl methyl sites for hydroxylation is 1. The molecule has 18 heavy (non-hydrogen) atoms. The zero-order valence-electron chi connectivity index (χ0n) is 12.3. The average Bonchev–Trinajstić information content (AvgIpc) is 2.33. The Morgan fingerprint density at radius 1 is 1.00 bits per heavy atom. The highest BCUT2D eigenvalue weighted by Gasteiger charge is 2.05. The maximum absolute atomic E-state index is 3.48. The summed E-state index contributed by atoms with van der Waals surface area (Å²) in [5.74, 6) is 0. The van der Waals surface area contributed by atoms with Gasteiger partial charge < -0.3 is 5.32 Å². The van der Waals surface area contributed by atoms with Gasteiger partial charge in [0.2, 0.25) is 0 Å². The molecule has 0 bridgehead atoms. The first-order valence-corrected chi connectivity index (χ1v) is 6.99. The van der Waals surface area contributed by atoms with E-state index < -0.39 is 0 Å². The van der Waals surface area contributed by atoms with E-state index in [-0.39, 0.29) is 5.54 Å². The van der Waals surface area contributed by atoms with Crippen LogP contribution in [0.5, 0.6) is 0 Å². The van der Waals surface area contributed by atoms with Crippen LogP contribution in [0.1, 0.15) is 45.2 Å². The molecule has 0 aromatic heterocycles. The van der Waals surface area contributed by atoms with Crippen molar-refractivity contribution in [2.24, 2.45) is 0 Å². The van der Waals surface area contributed by atoms with Gasteiger partial charge in [-0.05, 0) is 57.7 Å². The van der Waals surface area contributed by atoms with Crippen molar-refractivity contribution in [3.05, 3.63) is 47.5 Å². The molecule has 0 aliphatic rings. The second kappa shape index (κ2) is 7.38. The monoisotopic (exact) mass is 245 g/mol. The first-order valence-electron chi connectivity index (χ1n) is 6.99. The number of rotatable bonds is 6. The summed E-state index contributed by atoms with van der Waals surface area (Å²) in [5, 5.41) is 3.48. The van der Waals surface area contributed by atoms with Crippen molar-refractivity contribution in [2.45, 2.75) is 52.5 Å². The summed E-state index contributed by atoms with van der Waals surface area (Å²) in [6, 6.07) is 8.92. The van der Waals surface area contributed by atoms with E-state index in [1.165, 1.54) is 11.1 Å². The highest BCUT2D eigenvalue weighted by atomic mass is 14.9. The molecule has 0 aliphatic carbocycles. The van der Waals surface area contributed by atoms with E-state index in [9.17, 15) is 0 Å². The Morgan fingerprint density at radius 2 is 1.61 bits per heavy atom. The van der Waals surface area contributed by atoms with Gasteiger partial charge in [-0.3, -0.25) is 0 Å². The summed E-state index contributed by atoms with van der Waals surface area (Å²) < 4.78 is 0. The van der Waals surface area contributed by atoms with Gasteiger partial charge in [-0.15, -0.1) is 0 Å². The zero-order valence-corrected chi connectivity index (χ0v) is 12.3. The minimum Gasteiger partial charge on any atom is -0.312 e. The lowest BCUT2D eigenvalue weighted by atomic mass is 10.1. The Hall–Kier alpha value is -1.08. The molecule has 1 aromatic carbocycles. The van der Waals surface area contributed by atoms with Crippen molar-refractivity contribution >= 4 is 0 Å². The van der Waals surface area contributed by atoms with Gasteiger partial charge in [0.1, 0.15) is 0 Å². The van der Waals surface area contributed by atoms with Crippen LogP contribution >= 0.6 is 0 Å². The Balaban J connectivity index is 2.23. The molecule has 0 spiro atoms. The van der Waals surface area contributed by atoms with E-state index in [0.29, 0.717) is 0 Å². The minimum atomic E-state index is 0.226. The van der Waals surface area contributed by atoms with Crippen molar-refractivity contribution in [2.75, 3.05) is 6.54 Å². The van der Waals surface area contributed by atoms with E-state index in [2.05, 4.69) is 69.4 Å². The molecule has 1 nitrogen and oxygen atoms in total. The maximum atomic E-state index is 3.48. The lowest BCUT2D eigenvalue weighted by Crippen LogP contribution is -2.36. The van der Waals surface area contributed by atoms with Crippen molar-refractivity contribution < 1.29 is 0 Å². The van der Waals surface area contributed by atoms with Gasteiger partial charge in [0.15, 0.2) is 0 Å². The molecule has 1 aromatic rings. The number of benzene rings is 1. The Morgan fingerprint density at radius 3 is 2.17 bits per heavy atom. The van der Waals surface area contributed by atoms with Crippen LogP contribution < -0.4 is 5.32 Å². The van der Waals surface area contributed by atoms with Gasteiger partial charge in [-0.2, -0.15) is 0 Å². The van der Waals surface area contributed by atoms with Crippen LogP contribution in [0.15, 0.2) is 36.4 Å². The predicted octanol–water partition coefficient (Wildman–Crippen LogP) is 4.13. The highest BCUT2D eigenvalue weighted by Crippen LogP contribution is 2.06. The van der Waals surface area contributed by atoms with Gasteiger partial charge in [0.05, 0.1) is 0 Å². The Bertz CT molecular complexity index is 354. The summed E-state index contributed by atoms with van der Waals surface area (Å²) in [7, 11) is 0. The first kappa shape index (κ1) is 15.0. The largest absolute Gasteiger partial charge is 0.312 e. The van der Waals surface area contributed by atoms with E-state index in [4.69, 9.17) is 0 Å². The Kier molecular flexibility index (Phi) is 6.14. The maximum Gasteiger partial charge on any atom is 0.00966 e. The van der Waals surface area contributed by atoms with Gasteiger partial charge >= 0.3 is 0 Å². The zero-order chi connectivity index (χ0) is 13.4.